The Morgan fingerprint density at radius 2 is 1.72 bits per heavy atom. The summed E-state index contributed by atoms with van der Waals surface area (Å²) in [6.45, 7) is 3.70. The van der Waals surface area contributed by atoms with Crippen LogP contribution in [-0.4, -0.2) is 31.2 Å². The van der Waals surface area contributed by atoms with E-state index in [2.05, 4.69) is 15.6 Å². The topological polar surface area (TPSA) is 98.5 Å². The largest absolute Gasteiger partial charge is 0.497 e. The fourth-order valence-electron chi connectivity index (χ4n) is 2.16. The molecule has 2 rings (SSSR count). The number of pyridine rings is 1. The van der Waals surface area contributed by atoms with Crippen molar-refractivity contribution in [3.63, 3.8) is 0 Å². The lowest BCUT2D eigenvalue weighted by Crippen LogP contribution is -2.18. The Bertz CT molecular complexity index is 758. The number of primary amides is 1. The number of anilines is 3. The molecule has 0 radical (unpaired) electrons. The fraction of sp³-hybridized carbons (Fsp3) is 0.294. The number of hydrogen-bond acceptors (Lipinski definition) is 6. The highest BCUT2D eigenvalue weighted by Crippen LogP contribution is 2.29. The van der Waals surface area contributed by atoms with Crippen molar-refractivity contribution in [2.24, 2.45) is 5.73 Å². The van der Waals surface area contributed by atoms with E-state index in [1.54, 1.807) is 18.2 Å². The zero-order chi connectivity index (χ0) is 18.6. The van der Waals surface area contributed by atoms with E-state index < -0.39 is 11.7 Å². The number of amides is 1. The van der Waals surface area contributed by atoms with Crippen LogP contribution in [0.3, 0.4) is 0 Å². The number of carbonyl (C=O) groups excluding carboxylic acids is 1. The highest BCUT2D eigenvalue weighted by Gasteiger charge is 2.17. The monoisotopic (exact) mass is 348 g/mol. The number of nitrogens with zero attached hydrogens (tertiary/aromatic N) is 1. The molecule has 0 aliphatic rings. The lowest BCUT2D eigenvalue weighted by Gasteiger charge is -2.15. The molecule has 0 spiro atoms. The zero-order valence-electron chi connectivity index (χ0n) is 14.5. The number of nitrogens with one attached hydrogen (secondary N) is 2. The van der Waals surface area contributed by atoms with Gasteiger partial charge in [-0.05, 0) is 19.9 Å². The molecule has 8 heteroatoms. The van der Waals surface area contributed by atoms with Gasteiger partial charge in [-0.2, -0.15) is 0 Å². The molecule has 0 saturated carbocycles. The van der Waals surface area contributed by atoms with Crippen LogP contribution in [0.15, 0.2) is 24.3 Å². The Kier molecular flexibility index (Phi) is 5.63. The molecule has 4 N–H and O–H groups in total. The van der Waals surface area contributed by atoms with E-state index in [9.17, 15) is 9.18 Å². The van der Waals surface area contributed by atoms with E-state index in [1.807, 2.05) is 13.8 Å². The summed E-state index contributed by atoms with van der Waals surface area (Å²) < 4.78 is 24.5. The minimum absolute atomic E-state index is 0.0253. The van der Waals surface area contributed by atoms with Gasteiger partial charge in [-0.1, -0.05) is 0 Å². The molecular formula is C17H21FN4O3. The van der Waals surface area contributed by atoms with Crippen molar-refractivity contribution in [2.45, 2.75) is 19.9 Å². The Balaban J connectivity index is 2.48. The molecule has 1 aromatic carbocycles. The molecule has 0 unspecified atom stereocenters. The number of hydrogen-bond donors (Lipinski definition) is 3. The van der Waals surface area contributed by atoms with Crippen molar-refractivity contribution >= 4 is 23.2 Å². The second-order valence-corrected chi connectivity index (χ2v) is 5.60. The molecule has 0 aliphatic carbocycles. The average Bonchev–Trinajstić information content (AvgIpc) is 2.56. The van der Waals surface area contributed by atoms with Gasteiger partial charge in [0.2, 0.25) is 0 Å². The molecular weight excluding hydrogens is 327 g/mol. The average molecular weight is 348 g/mol. The van der Waals surface area contributed by atoms with Gasteiger partial charge in [0.05, 0.1) is 19.8 Å². The van der Waals surface area contributed by atoms with Crippen molar-refractivity contribution in [3.8, 4) is 11.5 Å². The van der Waals surface area contributed by atoms with E-state index in [0.717, 1.165) is 6.07 Å². The SMILES string of the molecule is COc1cc(Nc2nc(NC(C)C)c(F)cc2C(N)=O)cc(OC)c1. The first-order valence-corrected chi connectivity index (χ1v) is 7.61. The van der Waals surface area contributed by atoms with Crippen LogP contribution >= 0.6 is 0 Å². The quantitative estimate of drug-likeness (QED) is 0.712. The molecule has 0 saturated heterocycles. The second kappa shape index (κ2) is 7.69. The minimum atomic E-state index is -0.792. The van der Waals surface area contributed by atoms with E-state index in [0.29, 0.717) is 17.2 Å². The van der Waals surface area contributed by atoms with E-state index in [4.69, 9.17) is 15.2 Å². The predicted molar refractivity (Wildman–Crippen MR) is 94.3 cm³/mol. The first-order chi connectivity index (χ1) is 11.8. The Hall–Kier alpha value is -3.03. The van der Waals surface area contributed by atoms with Gasteiger partial charge in [-0.3, -0.25) is 4.79 Å². The number of nitrogens with two attached hydrogens (primary N) is 1. The van der Waals surface area contributed by atoms with Crippen LogP contribution in [0.4, 0.5) is 21.7 Å². The van der Waals surface area contributed by atoms with Crippen molar-refractivity contribution in [1.82, 2.24) is 4.98 Å². The molecule has 0 fully saturated rings. The summed E-state index contributed by atoms with van der Waals surface area (Å²) >= 11 is 0. The third kappa shape index (κ3) is 4.50. The summed E-state index contributed by atoms with van der Waals surface area (Å²) in [5.41, 5.74) is 5.83. The zero-order valence-corrected chi connectivity index (χ0v) is 14.5. The highest BCUT2D eigenvalue weighted by molar-refractivity contribution is 5.98. The molecule has 1 aromatic heterocycles. The van der Waals surface area contributed by atoms with Crippen LogP contribution in [0.25, 0.3) is 0 Å². The molecule has 1 heterocycles. The number of aromatic nitrogens is 1. The van der Waals surface area contributed by atoms with Crippen LogP contribution in [-0.2, 0) is 0 Å². The normalized spacial score (nSPS) is 10.5. The predicted octanol–water partition coefficient (Wildman–Crippen LogP) is 2.90. The van der Waals surface area contributed by atoms with Crippen LogP contribution in [0.5, 0.6) is 11.5 Å². The fourth-order valence-corrected chi connectivity index (χ4v) is 2.16. The third-order valence-electron chi connectivity index (χ3n) is 3.28. The van der Waals surface area contributed by atoms with Crippen molar-refractivity contribution < 1.29 is 18.7 Å². The molecule has 7 nitrogen and oxygen atoms in total. The first kappa shape index (κ1) is 18.3. The van der Waals surface area contributed by atoms with Gasteiger partial charge < -0.3 is 25.8 Å². The number of carbonyl (C=O) groups is 1. The maximum atomic E-state index is 14.1. The molecule has 0 bridgehead atoms. The highest BCUT2D eigenvalue weighted by atomic mass is 19.1. The summed E-state index contributed by atoms with van der Waals surface area (Å²) in [7, 11) is 3.04. The summed E-state index contributed by atoms with van der Waals surface area (Å²) in [5, 5.41) is 5.85. The number of methoxy groups -OCH3 is 2. The molecule has 1 amide bonds. The van der Waals surface area contributed by atoms with Gasteiger partial charge in [0.15, 0.2) is 11.6 Å². The van der Waals surface area contributed by atoms with Crippen molar-refractivity contribution in [3.05, 3.63) is 35.6 Å². The molecule has 134 valence electrons. The lowest BCUT2D eigenvalue weighted by atomic mass is 10.2. The van der Waals surface area contributed by atoms with Gasteiger partial charge in [0, 0.05) is 29.9 Å². The van der Waals surface area contributed by atoms with Crippen LogP contribution in [0.1, 0.15) is 24.2 Å². The maximum Gasteiger partial charge on any atom is 0.252 e. The van der Waals surface area contributed by atoms with Gasteiger partial charge in [0.25, 0.3) is 5.91 Å². The smallest absolute Gasteiger partial charge is 0.252 e. The molecule has 25 heavy (non-hydrogen) atoms. The Labute approximate surface area is 145 Å². The molecule has 0 aliphatic heterocycles. The Morgan fingerprint density at radius 1 is 1.12 bits per heavy atom. The first-order valence-electron chi connectivity index (χ1n) is 7.61. The second-order valence-electron chi connectivity index (χ2n) is 5.60. The van der Waals surface area contributed by atoms with Gasteiger partial charge in [-0.15, -0.1) is 0 Å². The van der Waals surface area contributed by atoms with Gasteiger partial charge >= 0.3 is 0 Å². The number of benzene rings is 1. The van der Waals surface area contributed by atoms with E-state index in [-0.39, 0.29) is 23.2 Å². The minimum Gasteiger partial charge on any atom is -0.497 e. The number of halogens is 1. The van der Waals surface area contributed by atoms with Crippen LogP contribution in [0.2, 0.25) is 0 Å². The van der Waals surface area contributed by atoms with Crippen LogP contribution < -0.4 is 25.8 Å². The summed E-state index contributed by atoms with van der Waals surface area (Å²) in [4.78, 5) is 15.8. The lowest BCUT2D eigenvalue weighted by molar-refractivity contribution is 0.100. The summed E-state index contributed by atoms with van der Waals surface area (Å²) in [6.07, 6.45) is 0. The number of ether oxygens (including phenoxy) is 2. The molecule has 0 atom stereocenters. The van der Waals surface area contributed by atoms with E-state index in [1.165, 1.54) is 14.2 Å². The van der Waals surface area contributed by atoms with Crippen molar-refractivity contribution in [2.75, 3.05) is 24.9 Å². The maximum absolute atomic E-state index is 14.1. The van der Waals surface area contributed by atoms with E-state index >= 15 is 0 Å². The number of rotatable bonds is 7. The van der Waals surface area contributed by atoms with Crippen LogP contribution in [0, 0.1) is 5.82 Å². The standard InChI is InChI=1S/C17H21FN4O3/c1-9(2)20-17-14(18)8-13(15(19)23)16(22-17)21-10-5-11(24-3)7-12(6-10)25-4/h5-9H,1-4H3,(H2,19,23)(H2,20,21,22). The van der Waals surface area contributed by atoms with Gasteiger partial charge in [-0.25, -0.2) is 9.37 Å². The summed E-state index contributed by atoms with van der Waals surface area (Å²) in [5.74, 6) is -0.198. The molecule has 2 aromatic rings. The van der Waals surface area contributed by atoms with Crippen molar-refractivity contribution in [1.29, 1.82) is 0 Å². The third-order valence-corrected chi connectivity index (χ3v) is 3.28. The summed E-state index contributed by atoms with van der Waals surface area (Å²) in [6, 6.07) is 6.09. The van der Waals surface area contributed by atoms with Gasteiger partial charge in [0.1, 0.15) is 17.3 Å². The Morgan fingerprint density at radius 3 is 2.20 bits per heavy atom.